The summed E-state index contributed by atoms with van der Waals surface area (Å²) in [6.45, 7) is 1.69. The molecule has 0 aromatic carbocycles. The molecule has 1 fully saturated rings. The first-order valence-corrected chi connectivity index (χ1v) is 6.22. The molecule has 1 saturated heterocycles. The third-order valence-electron chi connectivity index (χ3n) is 3.39. The number of nitrogens with one attached hydrogen (secondary N) is 1. The van der Waals surface area contributed by atoms with E-state index in [2.05, 4.69) is 4.98 Å². The standard InChI is InChI=1S/C12H17N3O4/c1-14(9-2-4-19-5-3-9)8-12(16)11-6-10(7-13-11)15(17)18/h6-7,9,13H,2-5,8H2,1H3. The molecule has 0 bridgehead atoms. The van der Waals surface area contributed by atoms with Crippen molar-refractivity contribution in [2.75, 3.05) is 26.8 Å². The summed E-state index contributed by atoms with van der Waals surface area (Å²) in [5, 5.41) is 10.6. The van der Waals surface area contributed by atoms with Gasteiger partial charge in [0.15, 0.2) is 5.78 Å². The number of nitro groups is 1. The van der Waals surface area contributed by atoms with Crippen LogP contribution in [0, 0.1) is 10.1 Å². The van der Waals surface area contributed by atoms with Gasteiger partial charge in [-0.1, -0.05) is 0 Å². The molecule has 0 unspecified atom stereocenters. The molecule has 0 atom stereocenters. The molecule has 0 radical (unpaired) electrons. The number of aromatic nitrogens is 1. The normalized spacial score (nSPS) is 16.7. The number of nitrogens with zero attached hydrogens (tertiary/aromatic N) is 2. The fraction of sp³-hybridized carbons (Fsp3) is 0.583. The van der Waals surface area contributed by atoms with E-state index in [4.69, 9.17) is 4.74 Å². The topological polar surface area (TPSA) is 88.5 Å². The van der Waals surface area contributed by atoms with Crippen molar-refractivity contribution in [2.45, 2.75) is 18.9 Å². The molecule has 7 nitrogen and oxygen atoms in total. The second-order valence-electron chi connectivity index (χ2n) is 4.71. The number of hydrogen-bond acceptors (Lipinski definition) is 5. The second kappa shape index (κ2) is 5.94. The number of ether oxygens (including phenoxy) is 1. The van der Waals surface area contributed by atoms with Crippen LogP contribution in [-0.2, 0) is 4.74 Å². The van der Waals surface area contributed by atoms with Gasteiger partial charge in [-0.2, -0.15) is 0 Å². The van der Waals surface area contributed by atoms with Crippen molar-refractivity contribution in [1.29, 1.82) is 0 Å². The second-order valence-corrected chi connectivity index (χ2v) is 4.71. The number of carbonyl (C=O) groups is 1. The summed E-state index contributed by atoms with van der Waals surface area (Å²) in [6, 6.07) is 1.61. The molecule has 0 aliphatic carbocycles. The molecule has 0 spiro atoms. The molecule has 0 amide bonds. The van der Waals surface area contributed by atoms with Crippen LogP contribution in [0.3, 0.4) is 0 Å². The van der Waals surface area contributed by atoms with Crippen molar-refractivity contribution in [3.05, 3.63) is 28.1 Å². The average Bonchev–Trinajstić information content (AvgIpc) is 2.89. The molecule has 19 heavy (non-hydrogen) atoms. The van der Waals surface area contributed by atoms with Gasteiger partial charge < -0.3 is 9.72 Å². The Kier molecular flexibility index (Phi) is 4.28. The number of hydrogen-bond donors (Lipinski definition) is 1. The minimum absolute atomic E-state index is 0.0860. The minimum Gasteiger partial charge on any atom is -0.381 e. The van der Waals surface area contributed by atoms with Gasteiger partial charge in [-0.25, -0.2) is 0 Å². The van der Waals surface area contributed by atoms with E-state index in [1.54, 1.807) is 0 Å². The zero-order valence-electron chi connectivity index (χ0n) is 10.8. The van der Waals surface area contributed by atoms with E-state index >= 15 is 0 Å². The molecular weight excluding hydrogens is 250 g/mol. The molecule has 1 aromatic heterocycles. The molecule has 0 saturated carbocycles. The predicted molar refractivity (Wildman–Crippen MR) is 68.2 cm³/mol. The summed E-state index contributed by atoms with van der Waals surface area (Å²) >= 11 is 0. The molecule has 1 aliphatic heterocycles. The van der Waals surface area contributed by atoms with Crippen LogP contribution in [0.1, 0.15) is 23.3 Å². The highest BCUT2D eigenvalue weighted by Gasteiger charge is 2.22. The number of rotatable bonds is 5. The van der Waals surface area contributed by atoms with Gasteiger partial charge in [-0.3, -0.25) is 19.8 Å². The number of carbonyl (C=O) groups excluding carboxylic acids is 1. The largest absolute Gasteiger partial charge is 0.381 e. The lowest BCUT2D eigenvalue weighted by Crippen LogP contribution is -2.39. The van der Waals surface area contributed by atoms with Crippen molar-refractivity contribution in [1.82, 2.24) is 9.88 Å². The molecule has 1 aliphatic rings. The maximum atomic E-state index is 12.0. The Morgan fingerprint density at radius 3 is 2.84 bits per heavy atom. The van der Waals surface area contributed by atoms with E-state index in [-0.39, 0.29) is 23.7 Å². The lowest BCUT2D eigenvalue weighted by atomic mass is 10.1. The number of Topliss-reactive ketones (excluding diaryl/α,β-unsaturated/α-hetero) is 1. The molecule has 104 valence electrons. The highest BCUT2D eigenvalue weighted by molar-refractivity contribution is 5.96. The quantitative estimate of drug-likeness (QED) is 0.492. The van der Waals surface area contributed by atoms with E-state index in [0.717, 1.165) is 26.1 Å². The summed E-state index contributed by atoms with van der Waals surface area (Å²) in [5.74, 6) is -0.137. The van der Waals surface area contributed by atoms with Gasteiger partial charge >= 0.3 is 0 Å². The molecule has 2 rings (SSSR count). The van der Waals surface area contributed by atoms with Crippen LogP contribution in [-0.4, -0.2) is 53.4 Å². The maximum Gasteiger partial charge on any atom is 0.287 e. The van der Waals surface area contributed by atoms with Crippen LogP contribution < -0.4 is 0 Å². The van der Waals surface area contributed by atoms with Gasteiger partial charge in [-0.15, -0.1) is 0 Å². The Labute approximate surface area is 110 Å². The van der Waals surface area contributed by atoms with Crippen molar-refractivity contribution < 1.29 is 14.5 Å². The Hall–Kier alpha value is -1.73. The van der Waals surface area contributed by atoms with Gasteiger partial charge in [0.05, 0.1) is 23.4 Å². The molecule has 7 heteroatoms. The number of H-pyrrole nitrogens is 1. The summed E-state index contributed by atoms with van der Waals surface area (Å²) in [6.07, 6.45) is 3.06. The summed E-state index contributed by atoms with van der Waals surface area (Å²) in [5.41, 5.74) is 0.197. The first-order valence-electron chi connectivity index (χ1n) is 6.22. The van der Waals surface area contributed by atoms with E-state index in [0.29, 0.717) is 6.04 Å². The first kappa shape index (κ1) is 13.7. The van der Waals surface area contributed by atoms with Crippen molar-refractivity contribution >= 4 is 11.5 Å². The fourth-order valence-electron chi connectivity index (χ4n) is 2.22. The van der Waals surface area contributed by atoms with Gasteiger partial charge in [0.2, 0.25) is 0 Å². The van der Waals surface area contributed by atoms with Crippen LogP contribution >= 0.6 is 0 Å². The smallest absolute Gasteiger partial charge is 0.287 e. The monoisotopic (exact) mass is 267 g/mol. The maximum absolute atomic E-state index is 12.0. The minimum atomic E-state index is -0.518. The van der Waals surface area contributed by atoms with Crippen molar-refractivity contribution in [3.8, 4) is 0 Å². The van der Waals surface area contributed by atoms with Gasteiger partial charge in [0.25, 0.3) is 5.69 Å². The molecular formula is C12H17N3O4. The van der Waals surface area contributed by atoms with E-state index in [9.17, 15) is 14.9 Å². The Bertz CT molecular complexity index is 465. The third-order valence-corrected chi connectivity index (χ3v) is 3.39. The average molecular weight is 267 g/mol. The highest BCUT2D eigenvalue weighted by atomic mass is 16.6. The van der Waals surface area contributed by atoms with Gasteiger partial charge in [-0.05, 0) is 19.9 Å². The zero-order chi connectivity index (χ0) is 13.8. The predicted octanol–water partition coefficient (Wildman–Crippen LogP) is 1.22. The van der Waals surface area contributed by atoms with Crippen LogP contribution in [0.4, 0.5) is 5.69 Å². The zero-order valence-corrected chi connectivity index (χ0v) is 10.8. The molecule has 2 heterocycles. The lowest BCUT2D eigenvalue weighted by molar-refractivity contribution is -0.384. The Balaban J connectivity index is 1.93. The van der Waals surface area contributed by atoms with Crippen LogP contribution in [0.25, 0.3) is 0 Å². The Morgan fingerprint density at radius 1 is 1.58 bits per heavy atom. The van der Waals surface area contributed by atoms with E-state index in [1.807, 2.05) is 11.9 Å². The molecule has 1 N–H and O–H groups in total. The first-order chi connectivity index (χ1) is 9.08. The van der Waals surface area contributed by atoms with Gasteiger partial charge in [0, 0.05) is 25.3 Å². The van der Waals surface area contributed by atoms with Crippen molar-refractivity contribution in [2.24, 2.45) is 0 Å². The lowest BCUT2D eigenvalue weighted by Gasteiger charge is -2.30. The fourth-order valence-corrected chi connectivity index (χ4v) is 2.22. The Morgan fingerprint density at radius 2 is 2.26 bits per heavy atom. The van der Waals surface area contributed by atoms with E-state index in [1.165, 1.54) is 12.3 Å². The number of likely N-dealkylation sites (N-methyl/N-ethyl adjacent to an activating group) is 1. The number of aromatic amines is 1. The number of ketones is 1. The summed E-state index contributed by atoms with van der Waals surface area (Å²) in [4.78, 5) is 26.7. The SMILES string of the molecule is CN(CC(=O)c1cc([N+](=O)[O-])c[nH]1)C1CCOCC1. The summed E-state index contributed by atoms with van der Waals surface area (Å²) in [7, 11) is 1.89. The van der Waals surface area contributed by atoms with Crippen LogP contribution in [0.2, 0.25) is 0 Å². The summed E-state index contributed by atoms with van der Waals surface area (Å²) < 4.78 is 5.28. The van der Waals surface area contributed by atoms with E-state index < -0.39 is 4.92 Å². The van der Waals surface area contributed by atoms with Crippen LogP contribution in [0.5, 0.6) is 0 Å². The van der Waals surface area contributed by atoms with Gasteiger partial charge in [0.1, 0.15) is 0 Å². The van der Waals surface area contributed by atoms with Crippen LogP contribution in [0.15, 0.2) is 12.3 Å². The van der Waals surface area contributed by atoms with Crippen molar-refractivity contribution in [3.63, 3.8) is 0 Å². The highest BCUT2D eigenvalue weighted by Crippen LogP contribution is 2.15. The third kappa shape index (κ3) is 3.39. The molecule has 1 aromatic rings.